The number of hydrogen-bond donors (Lipinski definition) is 1. The summed E-state index contributed by atoms with van der Waals surface area (Å²) < 4.78 is 9.25. The molecule has 7 nitrogen and oxygen atoms in total. The topological polar surface area (TPSA) is 90.4 Å². The lowest BCUT2D eigenvalue weighted by Crippen LogP contribution is -2.12. The van der Waals surface area contributed by atoms with Gasteiger partial charge in [-0.2, -0.15) is 0 Å². The number of thioether (sulfide) groups is 1. The van der Waals surface area contributed by atoms with E-state index in [0.717, 1.165) is 14.9 Å². The highest BCUT2D eigenvalue weighted by Gasteiger charge is 2.17. The second kappa shape index (κ2) is 12.2. The highest BCUT2D eigenvalue weighted by atomic mass is 79.9. The Morgan fingerprint density at radius 3 is 2.67 bits per heavy atom. The molecule has 0 fully saturated rings. The zero-order chi connectivity index (χ0) is 22.1. The maximum Gasteiger partial charge on any atom is 0.291 e. The van der Waals surface area contributed by atoms with Gasteiger partial charge in [-0.15, -0.1) is 10.1 Å². The third-order valence-electron chi connectivity index (χ3n) is 3.87. The van der Waals surface area contributed by atoms with Gasteiger partial charge in [0, 0.05) is 37.4 Å². The van der Waals surface area contributed by atoms with Crippen LogP contribution < -0.4 is 0 Å². The number of aromatic nitrogens is 2. The van der Waals surface area contributed by atoms with Crippen molar-refractivity contribution in [3.8, 4) is 0 Å². The maximum atomic E-state index is 8.36. The molecule has 0 aliphatic rings. The minimum absolute atomic E-state index is 0.196. The summed E-state index contributed by atoms with van der Waals surface area (Å²) in [5.74, 6) is 0.513. The van der Waals surface area contributed by atoms with E-state index in [4.69, 9.17) is 43.3 Å². The molecule has 0 aliphatic carbocycles. The first-order valence-corrected chi connectivity index (χ1v) is 11.0. The summed E-state index contributed by atoms with van der Waals surface area (Å²) in [5.41, 5.74) is 2.11. The zero-order valence-electron chi connectivity index (χ0n) is 15.7. The Morgan fingerprint density at radius 1 is 1.33 bits per heavy atom. The summed E-state index contributed by atoms with van der Waals surface area (Å²) in [6.45, 7) is 2.70. The first kappa shape index (κ1) is 24.5. The molecule has 0 aliphatic heterocycles. The van der Waals surface area contributed by atoms with E-state index in [-0.39, 0.29) is 6.10 Å². The first-order valence-electron chi connectivity index (χ1n) is 8.50. The van der Waals surface area contributed by atoms with Crippen LogP contribution in [-0.2, 0) is 11.3 Å². The molecular formula is C19H18BrCl2N3O4S. The maximum absolute atomic E-state index is 8.36. The Bertz CT molecular complexity index is 972. The molecule has 0 saturated heterocycles. The minimum Gasteiger partial charge on any atom is -0.361 e. The lowest BCUT2D eigenvalue weighted by molar-refractivity contribution is -0.742. The molecule has 3 rings (SSSR count). The third-order valence-corrected chi connectivity index (χ3v) is 6.16. The summed E-state index contributed by atoms with van der Waals surface area (Å²) >= 11 is 17.6. The van der Waals surface area contributed by atoms with Gasteiger partial charge in [0.1, 0.15) is 6.10 Å². The molecule has 160 valence electrons. The second-order valence-electron chi connectivity index (χ2n) is 5.99. The van der Waals surface area contributed by atoms with Gasteiger partial charge in [-0.05, 0) is 42.8 Å². The first-order chi connectivity index (χ1) is 14.3. The standard InChI is InChI=1S/C19H17BrCl2N2OS.HNO3/c1-13-8-15(3-5-17(13)20)26-12-25-19(10-24-7-6-23-11-24)16-4-2-14(21)9-18(16)22;2-1(3)4/h2-9,11,19H,10,12H2,1H3;(H,2,3,4). The van der Waals surface area contributed by atoms with E-state index in [1.165, 1.54) is 5.56 Å². The number of halogens is 3. The van der Waals surface area contributed by atoms with Crippen molar-refractivity contribution in [3.63, 3.8) is 0 Å². The number of nitrogens with zero attached hydrogens (tertiary/aromatic N) is 3. The van der Waals surface area contributed by atoms with Crippen molar-refractivity contribution in [1.29, 1.82) is 0 Å². The molecule has 0 saturated carbocycles. The highest BCUT2D eigenvalue weighted by Crippen LogP contribution is 2.32. The molecule has 1 heterocycles. The van der Waals surface area contributed by atoms with Gasteiger partial charge in [-0.3, -0.25) is 0 Å². The molecule has 1 atom stereocenters. The van der Waals surface area contributed by atoms with E-state index < -0.39 is 5.09 Å². The smallest absolute Gasteiger partial charge is 0.291 e. The van der Waals surface area contributed by atoms with Crippen LogP contribution in [0.4, 0.5) is 0 Å². The summed E-state index contributed by atoms with van der Waals surface area (Å²) in [6, 6.07) is 11.8. The van der Waals surface area contributed by atoms with Gasteiger partial charge in [0.15, 0.2) is 0 Å². The van der Waals surface area contributed by atoms with Crippen LogP contribution >= 0.6 is 50.9 Å². The van der Waals surface area contributed by atoms with Crippen LogP contribution in [0.3, 0.4) is 0 Å². The monoisotopic (exact) mass is 533 g/mol. The third kappa shape index (κ3) is 8.16. The highest BCUT2D eigenvalue weighted by molar-refractivity contribution is 9.10. The number of rotatable bonds is 7. The van der Waals surface area contributed by atoms with E-state index >= 15 is 0 Å². The SMILES string of the molecule is Cc1cc(SCOC(Cn2ccnc2)c2ccc(Cl)cc2Cl)ccc1Br.O=[N+]([O-])O. The van der Waals surface area contributed by atoms with Crippen LogP contribution in [0.5, 0.6) is 0 Å². The summed E-state index contributed by atoms with van der Waals surface area (Å²) in [7, 11) is 0. The molecule has 1 aromatic heterocycles. The van der Waals surface area contributed by atoms with Gasteiger partial charge >= 0.3 is 0 Å². The molecule has 1 unspecified atom stereocenters. The van der Waals surface area contributed by atoms with Gasteiger partial charge < -0.3 is 14.5 Å². The average molecular weight is 535 g/mol. The molecule has 11 heteroatoms. The molecule has 0 amide bonds. The lowest BCUT2D eigenvalue weighted by Gasteiger charge is -2.20. The van der Waals surface area contributed by atoms with E-state index in [1.807, 2.05) is 22.9 Å². The van der Waals surface area contributed by atoms with E-state index in [2.05, 4.69) is 46.0 Å². The fraction of sp³-hybridized carbons (Fsp3) is 0.211. The predicted molar refractivity (Wildman–Crippen MR) is 121 cm³/mol. The van der Waals surface area contributed by atoms with Crippen molar-refractivity contribution in [2.24, 2.45) is 0 Å². The molecule has 0 spiro atoms. The van der Waals surface area contributed by atoms with E-state index in [9.17, 15) is 0 Å². The van der Waals surface area contributed by atoms with Crippen molar-refractivity contribution in [3.05, 3.63) is 90.9 Å². The number of imidazole rings is 1. The number of ether oxygens (including phenoxy) is 1. The van der Waals surface area contributed by atoms with Crippen molar-refractivity contribution < 1.29 is 15.0 Å². The normalized spacial score (nSPS) is 11.5. The molecule has 30 heavy (non-hydrogen) atoms. The van der Waals surface area contributed by atoms with Gasteiger partial charge in [0.2, 0.25) is 0 Å². The minimum atomic E-state index is -1.50. The molecular weight excluding hydrogens is 517 g/mol. The average Bonchev–Trinajstić information content (AvgIpc) is 3.17. The molecule has 3 aromatic rings. The van der Waals surface area contributed by atoms with Crippen LogP contribution in [0.2, 0.25) is 10.0 Å². The zero-order valence-corrected chi connectivity index (χ0v) is 19.7. The Balaban J connectivity index is 0.000000735. The lowest BCUT2D eigenvalue weighted by atomic mass is 10.1. The summed E-state index contributed by atoms with van der Waals surface area (Å²) in [6.07, 6.45) is 5.23. The van der Waals surface area contributed by atoms with Crippen molar-refractivity contribution in [2.45, 2.75) is 24.5 Å². The van der Waals surface area contributed by atoms with Crippen LogP contribution in [0.25, 0.3) is 0 Å². The summed E-state index contributed by atoms with van der Waals surface area (Å²) in [5, 5.41) is 14.9. The van der Waals surface area contributed by atoms with Crippen molar-refractivity contribution >= 4 is 50.9 Å². The fourth-order valence-electron chi connectivity index (χ4n) is 2.48. The number of benzene rings is 2. The van der Waals surface area contributed by atoms with Gasteiger partial charge in [0.25, 0.3) is 5.09 Å². The number of hydrogen-bond acceptors (Lipinski definition) is 5. The van der Waals surface area contributed by atoms with Crippen LogP contribution in [-0.4, -0.2) is 25.8 Å². The molecule has 0 bridgehead atoms. The molecule has 1 N–H and O–H groups in total. The molecule has 0 radical (unpaired) electrons. The second-order valence-corrected chi connectivity index (χ2v) is 8.69. The Labute approximate surface area is 196 Å². The Morgan fingerprint density at radius 2 is 2.07 bits per heavy atom. The summed E-state index contributed by atoms with van der Waals surface area (Å²) in [4.78, 5) is 13.6. The van der Waals surface area contributed by atoms with Crippen LogP contribution in [0.1, 0.15) is 17.2 Å². The van der Waals surface area contributed by atoms with Crippen molar-refractivity contribution in [1.82, 2.24) is 9.55 Å². The van der Waals surface area contributed by atoms with Gasteiger partial charge in [0.05, 0.1) is 18.8 Å². The van der Waals surface area contributed by atoms with Crippen molar-refractivity contribution in [2.75, 3.05) is 5.94 Å². The van der Waals surface area contributed by atoms with E-state index in [0.29, 0.717) is 22.5 Å². The van der Waals surface area contributed by atoms with E-state index in [1.54, 1.807) is 30.4 Å². The predicted octanol–water partition coefficient (Wildman–Crippen LogP) is 6.42. The molecule has 2 aromatic carbocycles. The van der Waals surface area contributed by atoms with Gasteiger partial charge in [-0.25, -0.2) is 4.98 Å². The Kier molecular flexibility index (Phi) is 9.93. The van der Waals surface area contributed by atoms with Crippen LogP contribution in [0, 0.1) is 17.0 Å². The fourth-order valence-corrected chi connectivity index (χ4v) is 4.05. The largest absolute Gasteiger partial charge is 0.361 e. The van der Waals surface area contributed by atoms with Crippen LogP contribution in [0.15, 0.2) is 64.5 Å². The van der Waals surface area contributed by atoms with Gasteiger partial charge in [-0.1, -0.05) is 57.0 Å². The number of aryl methyl sites for hydroxylation is 1. The quantitative estimate of drug-likeness (QED) is 0.163. The Hall–Kier alpha value is -1.78.